The van der Waals surface area contributed by atoms with Gasteiger partial charge in [0.15, 0.2) is 0 Å². The molecular weight excluding hydrogens is 446 g/mol. The van der Waals surface area contributed by atoms with Crippen molar-refractivity contribution >= 4 is 11.8 Å². The van der Waals surface area contributed by atoms with Crippen LogP contribution in [0, 0.1) is 18.8 Å². The second kappa shape index (κ2) is 11.1. The fourth-order valence-corrected chi connectivity index (χ4v) is 4.45. The monoisotopic (exact) mass is 477 g/mol. The molecule has 10 nitrogen and oxygen atoms in total. The molecule has 2 amide bonds. The Balaban J connectivity index is 1.39. The number of aromatic nitrogens is 5. The number of nitrogens with one attached hydrogen (secondary N) is 2. The third kappa shape index (κ3) is 6.20. The molecule has 2 N–H and O–H groups in total. The summed E-state index contributed by atoms with van der Waals surface area (Å²) in [6.45, 7) is 2.85. The molecule has 4 rings (SSSR count). The number of benzene rings is 1. The molecule has 2 aromatic heterocycles. The minimum absolute atomic E-state index is 0.101. The molecule has 0 bridgehead atoms. The topological polar surface area (TPSA) is 124 Å². The number of methoxy groups -OCH3 is 1. The van der Waals surface area contributed by atoms with E-state index in [0.717, 1.165) is 37.0 Å². The Hall–Kier alpha value is -3.82. The molecule has 0 atom stereocenters. The van der Waals surface area contributed by atoms with E-state index < -0.39 is 0 Å². The standard InChI is InChI=1S/C25H31N7O3/c1-16-11-20(13-22(28-16)25(34)27-14-18-5-4-6-21(12-18)35-3)23-29-31-32(30-23)15-17-7-9-19(10-8-17)24(33)26-2/h4-6,11-13,17,19H,7-10,14-15H2,1-3H3,(H,26,33)(H,27,34)/t17-,19-. The minimum Gasteiger partial charge on any atom is -0.497 e. The van der Waals surface area contributed by atoms with Crippen LogP contribution in [-0.4, -0.2) is 51.2 Å². The number of nitrogens with zero attached hydrogens (tertiary/aromatic N) is 5. The lowest BCUT2D eigenvalue weighted by molar-refractivity contribution is -0.125. The lowest BCUT2D eigenvalue weighted by atomic mass is 9.81. The van der Waals surface area contributed by atoms with Crippen molar-refractivity contribution in [3.05, 3.63) is 53.3 Å². The van der Waals surface area contributed by atoms with Gasteiger partial charge in [0.2, 0.25) is 11.7 Å². The molecule has 35 heavy (non-hydrogen) atoms. The summed E-state index contributed by atoms with van der Waals surface area (Å²) >= 11 is 0. The second-order valence-electron chi connectivity index (χ2n) is 8.92. The van der Waals surface area contributed by atoms with Crippen LogP contribution in [0.15, 0.2) is 36.4 Å². The SMILES string of the molecule is CNC(=O)[C@H]1CC[C@H](Cn2nnc(-c3cc(C)nc(C(=O)NCc4cccc(OC)c4)c3)n2)CC1. The van der Waals surface area contributed by atoms with Crippen molar-refractivity contribution in [1.29, 1.82) is 0 Å². The number of hydrogen-bond acceptors (Lipinski definition) is 7. The highest BCUT2D eigenvalue weighted by atomic mass is 16.5. The number of hydrogen-bond donors (Lipinski definition) is 2. The number of carbonyl (C=O) groups excluding carboxylic acids is 2. The van der Waals surface area contributed by atoms with Crippen LogP contribution < -0.4 is 15.4 Å². The molecule has 2 heterocycles. The van der Waals surface area contributed by atoms with Gasteiger partial charge in [-0.15, -0.1) is 10.2 Å². The number of rotatable bonds is 8. The van der Waals surface area contributed by atoms with Crippen molar-refractivity contribution in [2.45, 2.75) is 45.7 Å². The summed E-state index contributed by atoms with van der Waals surface area (Å²) in [4.78, 5) is 30.6. The number of amides is 2. The van der Waals surface area contributed by atoms with Gasteiger partial charge in [-0.2, -0.15) is 4.80 Å². The lowest BCUT2D eigenvalue weighted by Gasteiger charge is -2.26. The maximum atomic E-state index is 12.8. The van der Waals surface area contributed by atoms with E-state index in [1.165, 1.54) is 0 Å². The minimum atomic E-state index is -0.280. The first-order valence-corrected chi connectivity index (χ1v) is 11.8. The van der Waals surface area contributed by atoms with Crippen molar-refractivity contribution in [2.24, 2.45) is 11.8 Å². The predicted octanol–water partition coefficient (Wildman–Crippen LogP) is 2.53. The highest BCUT2D eigenvalue weighted by molar-refractivity contribution is 5.93. The maximum Gasteiger partial charge on any atom is 0.270 e. The zero-order valence-corrected chi connectivity index (χ0v) is 20.3. The van der Waals surface area contributed by atoms with E-state index in [-0.39, 0.29) is 17.7 Å². The van der Waals surface area contributed by atoms with E-state index in [9.17, 15) is 9.59 Å². The second-order valence-corrected chi connectivity index (χ2v) is 8.92. The summed E-state index contributed by atoms with van der Waals surface area (Å²) in [7, 11) is 3.30. The van der Waals surface area contributed by atoms with E-state index in [2.05, 4.69) is 31.0 Å². The summed E-state index contributed by atoms with van der Waals surface area (Å²) in [5, 5.41) is 18.6. The van der Waals surface area contributed by atoms with E-state index in [1.807, 2.05) is 37.3 Å². The summed E-state index contributed by atoms with van der Waals surface area (Å²) in [6.07, 6.45) is 3.68. The van der Waals surface area contributed by atoms with Crippen LogP contribution in [0.4, 0.5) is 0 Å². The highest BCUT2D eigenvalue weighted by Gasteiger charge is 2.26. The van der Waals surface area contributed by atoms with Crippen LogP contribution in [0.3, 0.4) is 0 Å². The zero-order valence-electron chi connectivity index (χ0n) is 20.3. The molecule has 0 unspecified atom stereocenters. The van der Waals surface area contributed by atoms with Gasteiger partial charge in [-0.3, -0.25) is 9.59 Å². The quantitative estimate of drug-likeness (QED) is 0.511. The average Bonchev–Trinajstić information content (AvgIpc) is 3.35. The molecule has 1 aliphatic rings. The zero-order chi connectivity index (χ0) is 24.8. The van der Waals surface area contributed by atoms with Crippen LogP contribution >= 0.6 is 0 Å². The molecule has 0 aliphatic heterocycles. The molecule has 0 radical (unpaired) electrons. The Labute approximate surface area is 204 Å². The Bertz CT molecular complexity index is 1190. The van der Waals surface area contributed by atoms with Crippen molar-refractivity contribution in [1.82, 2.24) is 35.8 Å². The number of tetrazole rings is 1. The first-order chi connectivity index (χ1) is 16.9. The summed E-state index contributed by atoms with van der Waals surface area (Å²) in [5.74, 6) is 1.55. The fraction of sp³-hybridized carbons (Fsp3) is 0.440. The molecule has 1 saturated carbocycles. The molecule has 1 aromatic carbocycles. The largest absolute Gasteiger partial charge is 0.497 e. The van der Waals surface area contributed by atoms with Gasteiger partial charge in [-0.05, 0) is 73.6 Å². The van der Waals surface area contributed by atoms with E-state index >= 15 is 0 Å². The van der Waals surface area contributed by atoms with Crippen molar-refractivity contribution in [3.63, 3.8) is 0 Å². The van der Waals surface area contributed by atoms with Gasteiger partial charge in [0.25, 0.3) is 5.91 Å². The summed E-state index contributed by atoms with van der Waals surface area (Å²) < 4.78 is 5.23. The van der Waals surface area contributed by atoms with Crippen molar-refractivity contribution in [3.8, 4) is 17.1 Å². The molecule has 0 saturated heterocycles. The maximum absolute atomic E-state index is 12.8. The molecule has 1 fully saturated rings. The van der Waals surface area contributed by atoms with Crippen LogP contribution in [-0.2, 0) is 17.9 Å². The van der Waals surface area contributed by atoms with Crippen LogP contribution in [0.1, 0.15) is 47.4 Å². The van der Waals surface area contributed by atoms with Gasteiger partial charge < -0.3 is 15.4 Å². The lowest BCUT2D eigenvalue weighted by Crippen LogP contribution is -2.31. The third-order valence-electron chi connectivity index (χ3n) is 6.37. The Kier molecular flexibility index (Phi) is 7.69. The Morgan fingerprint density at radius 2 is 1.94 bits per heavy atom. The number of pyridine rings is 1. The van der Waals surface area contributed by atoms with Crippen molar-refractivity contribution < 1.29 is 14.3 Å². The predicted molar refractivity (Wildman–Crippen MR) is 129 cm³/mol. The van der Waals surface area contributed by atoms with Gasteiger partial charge >= 0.3 is 0 Å². The Morgan fingerprint density at radius 3 is 2.69 bits per heavy atom. The van der Waals surface area contributed by atoms with E-state index in [0.29, 0.717) is 41.8 Å². The van der Waals surface area contributed by atoms with Gasteiger partial charge in [-0.25, -0.2) is 4.98 Å². The summed E-state index contributed by atoms with van der Waals surface area (Å²) in [5.41, 5.74) is 2.61. The number of carbonyl (C=O) groups is 2. The van der Waals surface area contributed by atoms with Crippen LogP contribution in [0.5, 0.6) is 5.75 Å². The number of ether oxygens (including phenoxy) is 1. The molecular formula is C25H31N7O3. The first kappa shape index (κ1) is 24.3. The Morgan fingerprint density at radius 1 is 1.14 bits per heavy atom. The molecule has 1 aliphatic carbocycles. The first-order valence-electron chi connectivity index (χ1n) is 11.8. The highest BCUT2D eigenvalue weighted by Crippen LogP contribution is 2.29. The van der Waals surface area contributed by atoms with E-state index in [1.54, 1.807) is 25.0 Å². The van der Waals surface area contributed by atoms with Gasteiger partial charge in [0.1, 0.15) is 11.4 Å². The molecule has 3 aromatic rings. The van der Waals surface area contributed by atoms with E-state index in [4.69, 9.17) is 4.74 Å². The fourth-order valence-electron chi connectivity index (χ4n) is 4.45. The summed E-state index contributed by atoms with van der Waals surface area (Å²) in [6, 6.07) is 11.1. The smallest absolute Gasteiger partial charge is 0.270 e. The van der Waals surface area contributed by atoms with Gasteiger partial charge in [0.05, 0.1) is 13.7 Å². The average molecular weight is 478 g/mol. The van der Waals surface area contributed by atoms with Crippen molar-refractivity contribution in [2.75, 3.05) is 14.2 Å². The molecule has 10 heteroatoms. The van der Waals surface area contributed by atoms with Gasteiger partial charge in [0, 0.05) is 30.8 Å². The normalized spacial score (nSPS) is 17.6. The molecule has 184 valence electrons. The number of aryl methyl sites for hydroxylation is 1. The van der Waals surface area contributed by atoms with Crippen LogP contribution in [0.2, 0.25) is 0 Å². The molecule has 0 spiro atoms. The van der Waals surface area contributed by atoms with Crippen LogP contribution in [0.25, 0.3) is 11.4 Å². The van der Waals surface area contributed by atoms with Gasteiger partial charge in [-0.1, -0.05) is 12.1 Å². The third-order valence-corrected chi connectivity index (χ3v) is 6.37.